The van der Waals surface area contributed by atoms with Crippen LogP contribution in [-0.4, -0.2) is 46.9 Å². The molecule has 1 heterocycles. The number of carbonyl (C=O) groups is 1. The molecule has 22 heavy (non-hydrogen) atoms. The quantitative estimate of drug-likeness (QED) is 0.886. The zero-order valence-electron chi connectivity index (χ0n) is 12.9. The van der Waals surface area contributed by atoms with E-state index >= 15 is 0 Å². The molecule has 0 spiro atoms. The number of nitrogens with one attached hydrogen (secondary N) is 1. The topological polar surface area (TPSA) is 65.5 Å². The van der Waals surface area contributed by atoms with Crippen LogP contribution >= 0.6 is 11.3 Å². The third-order valence-corrected chi connectivity index (χ3v) is 3.45. The van der Waals surface area contributed by atoms with Crippen molar-refractivity contribution in [3.63, 3.8) is 0 Å². The van der Waals surface area contributed by atoms with E-state index in [1.807, 2.05) is 0 Å². The number of halogens is 3. The first-order chi connectivity index (χ1) is 9.88. The van der Waals surface area contributed by atoms with Gasteiger partial charge in [0.05, 0.1) is 12.2 Å². The van der Waals surface area contributed by atoms with Crippen molar-refractivity contribution in [1.82, 2.24) is 9.88 Å². The SMILES string of the molecule is CN(CC(O)C(F)(F)F)C(=O)Nc1nc(CC(C)(C)C)cs1. The number of thiazole rings is 1. The number of amides is 2. The van der Waals surface area contributed by atoms with E-state index in [0.29, 0.717) is 5.13 Å². The summed E-state index contributed by atoms with van der Waals surface area (Å²) in [5.74, 6) is 0. The second-order valence-corrected chi connectivity index (χ2v) is 7.11. The van der Waals surface area contributed by atoms with Gasteiger partial charge in [0.2, 0.25) is 0 Å². The minimum absolute atomic E-state index is 0.0446. The third-order valence-electron chi connectivity index (χ3n) is 2.65. The van der Waals surface area contributed by atoms with Crippen LogP contribution in [-0.2, 0) is 6.42 Å². The lowest BCUT2D eigenvalue weighted by molar-refractivity contribution is -0.205. The van der Waals surface area contributed by atoms with E-state index in [0.717, 1.165) is 17.0 Å². The number of anilines is 1. The van der Waals surface area contributed by atoms with E-state index in [4.69, 9.17) is 5.11 Å². The molecule has 1 unspecified atom stereocenters. The molecule has 0 saturated carbocycles. The molecule has 0 aliphatic rings. The minimum atomic E-state index is -4.75. The summed E-state index contributed by atoms with van der Waals surface area (Å²) in [4.78, 5) is 16.8. The Morgan fingerprint density at radius 3 is 2.55 bits per heavy atom. The summed E-state index contributed by atoms with van der Waals surface area (Å²) in [6.45, 7) is 5.32. The van der Waals surface area contributed by atoms with E-state index in [2.05, 4.69) is 31.1 Å². The molecular weight excluding hydrogens is 319 g/mol. The summed E-state index contributed by atoms with van der Waals surface area (Å²) in [6.07, 6.45) is -6.60. The molecule has 0 aliphatic carbocycles. The summed E-state index contributed by atoms with van der Waals surface area (Å²) >= 11 is 1.21. The van der Waals surface area contributed by atoms with Crippen molar-refractivity contribution < 1.29 is 23.1 Å². The van der Waals surface area contributed by atoms with Crippen LogP contribution < -0.4 is 5.32 Å². The Labute approximate surface area is 131 Å². The van der Waals surface area contributed by atoms with Crippen molar-refractivity contribution in [3.05, 3.63) is 11.1 Å². The van der Waals surface area contributed by atoms with E-state index in [-0.39, 0.29) is 5.41 Å². The molecule has 1 atom stereocenters. The highest BCUT2D eigenvalue weighted by atomic mass is 32.1. The summed E-state index contributed by atoms with van der Waals surface area (Å²) < 4.78 is 36.7. The number of nitrogens with zero attached hydrogens (tertiary/aromatic N) is 2. The van der Waals surface area contributed by atoms with Gasteiger partial charge in [0.25, 0.3) is 0 Å². The van der Waals surface area contributed by atoms with Crippen LogP contribution in [0.15, 0.2) is 5.38 Å². The van der Waals surface area contributed by atoms with Gasteiger partial charge in [-0.15, -0.1) is 11.3 Å². The normalized spacial score (nSPS) is 13.8. The maximum Gasteiger partial charge on any atom is 0.416 e. The lowest BCUT2D eigenvalue weighted by Crippen LogP contribution is -2.43. The molecule has 0 aliphatic heterocycles. The van der Waals surface area contributed by atoms with Gasteiger partial charge in [-0.2, -0.15) is 13.2 Å². The van der Waals surface area contributed by atoms with Crippen molar-refractivity contribution in [3.8, 4) is 0 Å². The van der Waals surface area contributed by atoms with Crippen molar-refractivity contribution >= 4 is 22.5 Å². The molecule has 0 bridgehead atoms. The highest BCUT2D eigenvalue weighted by Crippen LogP contribution is 2.24. The average molecular weight is 339 g/mol. The molecule has 1 aromatic rings. The fraction of sp³-hybridized carbons (Fsp3) is 0.692. The molecule has 126 valence electrons. The van der Waals surface area contributed by atoms with Crippen LogP contribution in [0.2, 0.25) is 0 Å². The highest BCUT2D eigenvalue weighted by molar-refractivity contribution is 7.13. The molecule has 1 rings (SSSR count). The fourth-order valence-electron chi connectivity index (χ4n) is 1.62. The molecule has 5 nitrogen and oxygen atoms in total. The predicted molar refractivity (Wildman–Crippen MR) is 79.0 cm³/mol. The smallest absolute Gasteiger partial charge is 0.382 e. The summed E-state index contributed by atoms with van der Waals surface area (Å²) in [6, 6.07) is -0.750. The number of carbonyl (C=O) groups excluding carboxylic acids is 1. The first-order valence-corrected chi connectivity index (χ1v) is 7.48. The second-order valence-electron chi connectivity index (χ2n) is 6.25. The monoisotopic (exact) mass is 339 g/mol. The van der Waals surface area contributed by atoms with Crippen molar-refractivity contribution in [2.45, 2.75) is 39.5 Å². The molecule has 0 fully saturated rings. The number of urea groups is 1. The maximum atomic E-state index is 12.2. The third kappa shape index (κ3) is 6.18. The van der Waals surface area contributed by atoms with E-state index in [9.17, 15) is 18.0 Å². The lowest BCUT2D eigenvalue weighted by Gasteiger charge is -2.22. The van der Waals surface area contributed by atoms with Crippen LogP contribution in [0.3, 0.4) is 0 Å². The Hall–Kier alpha value is -1.35. The summed E-state index contributed by atoms with van der Waals surface area (Å²) in [5.41, 5.74) is 0.856. The Kier molecular flexibility index (Phi) is 5.80. The number of rotatable bonds is 4. The van der Waals surface area contributed by atoms with Gasteiger partial charge in [-0.05, 0) is 11.8 Å². The predicted octanol–water partition coefficient (Wildman–Crippen LogP) is 3.12. The minimum Gasteiger partial charge on any atom is -0.382 e. The lowest BCUT2D eigenvalue weighted by atomic mass is 9.91. The number of aliphatic hydroxyl groups is 1. The largest absolute Gasteiger partial charge is 0.416 e. The van der Waals surface area contributed by atoms with Gasteiger partial charge in [-0.1, -0.05) is 20.8 Å². The number of aromatic nitrogens is 1. The highest BCUT2D eigenvalue weighted by Gasteiger charge is 2.39. The number of alkyl halides is 3. The summed E-state index contributed by atoms with van der Waals surface area (Å²) in [5, 5.41) is 13.5. The number of aliphatic hydroxyl groups excluding tert-OH is 1. The molecule has 0 saturated heterocycles. The Balaban J connectivity index is 2.58. The summed E-state index contributed by atoms with van der Waals surface area (Å²) in [7, 11) is 1.17. The Morgan fingerprint density at radius 1 is 1.45 bits per heavy atom. The Morgan fingerprint density at radius 2 is 2.05 bits per heavy atom. The molecule has 0 aromatic carbocycles. The first-order valence-electron chi connectivity index (χ1n) is 6.60. The molecule has 1 aromatic heterocycles. The van der Waals surface area contributed by atoms with Gasteiger partial charge >= 0.3 is 12.2 Å². The van der Waals surface area contributed by atoms with Crippen molar-refractivity contribution in [2.24, 2.45) is 5.41 Å². The maximum absolute atomic E-state index is 12.2. The molecular formula is C13H20F3N3O2S. The van der Waals surface area contributed by atoms with Gasteiger partial charge in [0, 0.05) is 12.4 Å². The zero-order valence-corrected chi connectivity index (χ0v) is 13.7. The van der Waals surface area contributed by atoms with Crippen LogP contribution in [0.1, 0.15) is 26.5 Å². The van der Waals surface area contributed by atoms with Crippen molar-refractivity contribution in [1.29, 1.82) is 0 Å². The first kappa shape index (κ1) is 18.7. The van der Waals surface area contributed by atoms with Crippen LogP contribution in [0, 0.1) is 5.41 Å². The molecule has 2 amide bonds. The van der Waals surface area contributed by atoms with E-state index < -0.39 is 24.9 Å². The number of hydrogen-bond acceptors (Lipinski definition) is 4. The van der Waals surface area contributed by atoms with E-state index in [1.54, 1.807) is 5.38 Å². The zero-order chi connectivity index (χ0) is 17.1. The van der Waals surface area contributed by atoms with Crippen LogP contribution in [0.4, 0.5) is 23.1 Å². The standard InChI is InChI=1S/C13H20F3N3O2S/c1-12(2,3)5-8-7-22-10(17-8)18-11(21)19(4)6-9(20)13(14,15)16/h7,9,20H,5-6H2,1-4H3,(H,17,18,21). The molecule has 2 N–H and O–H groups in total. The fourth-order valence-corrected chi connectivity index (χ4v) is 2.32. The van der Waals surface area contributed by atoms with Crippen LogP contribution in [0.25, 0.3) is 0 Å². The number of likely N-dealkylation sites (N-methyl/N-ethyl adjacent to an activating group) is 1. The Bertz CT molecular complexity index is 511. The van der Waals surface area contributed by atoms with Crippen molar-refractivity contribution in [2.75, 3.05) is 18.9 Å². The molecule has 0 radical (unpaired) electrons. The van der Waals surface area contributed by atoms with Gasteiger partial charge in [0.15, 0.2) is 11.2 Å². The number of hydrogen-bond donors (Lipinski definition) is 2. The van der Waals surface area contributed by atoms with Gasteiger partial charge in [-0.25, -0.2) is 9.78 Å². The molecule has 9 heteroatoms. The van der Waals surface area contributed by atoms with Gasteiger partial charge in [-0.3, -0.25) is 5.32 Å². The van der Waals surface area contributed by atoms with Crippen LogP contribution in [0.5, 0.6) is 0 Å². The van der Waals surface area contributed by atoms with Gasteiger partial charge < -0.3 is 10.0 Å². The average Bonchev–Trinajstić information content (AvgIpc) is 2.72. The van der Waals surface area contributed by atoms with E-state index in [1.165, 1.54) is 18.4 Å². The van der Waals surface area contributed by atoms with Gasteiger partial charge in [0.1, 0.15) is 0 Å². The second kappa shape index (κ2) is 6.82.